The fourth-order valence-electron chi connectivity index (χ4n) is 2.29. The normalized spacial score (nSPS) is 25.3. The Labute approximate surface area is 108 Å². The summed E-state index contributed by atoms with van der Waals surface area (Å²) in [4.78, 5) is 23.3. The number of aliphatic hydroxyl groups is 1. The van der Waals surface area contributed by atoms with Crippen molar-refractivity contribution >= 4 is 11.8 Å². The molecule has 5 nitrogen and oxygen atoms in total. The number of hydrogen-bond acceptors (Lipinski definition) is 3. The minimum absolute atomic E-state index is 0.103. The molecule has 0 radical (unpaired) electrons. The van der Waals surface area contributed by atoms with Crippen LogP contribution in [-0.2, 0) is 9.59 Å². The summed E-state index contributed by atoms with van der Waals surface area (Å²) in [5.41, 5.74) is 0. The highest BCUT2D eigenvalue weighted by molar-refractivity contribution is 6.35. The number of nitrogens with one attached hydrogen (secondary N) is 2. The van der Waals surface area contributed by atoms with E-state index in [1.54, 1.807) is 0 Å². The fraction of sp³-hybridized carbons (Fsp3) is 0.846. The van der Waals surface area contributed by atoms with Crippen molar-refractivity contribution in [2.24, 2.45) is 5.92 Å². The molecule has 1 aliphatic rings. The second kappa shape index (κ2) is 7.36. The highest BCUT2D eigenvalue weighted by Crippen LogP contribution is 2.23. The lowest BCUT2D eigenvalue weighted by Crippen LogP contribution is -2.50. The Morgan fingerprint density at radius 2 is 1.94 bits per heavy atom. The topological polar surface area (TPSA) is 78.4 Å². The van der Waals surface area contributed by atoms with Gasteiger partial charge in [0.2, 0.25) is 0 Å². The van der Waals surface area contributed by atoms with E-state index >= 15 is 0 Å². The highest BCUT2D eigenvalue weighted by Gasteiger charge is 2.26. The lowest BCUT2D eigenvalue weighted by molar-refractivity contribution is -0.140. The first-order valence-electron chi connectivity index (χ1n) is 6.80. The Hall–Kier alpha value is -1.10. The smallest absolute Gasteiger partial charge is 0.309 e. The molecule has 3 atom stereocenters. The Bertz CT molecular complexity index is 290. The molecule has 2 amide bonds. The van der Waals surface area contributed by atoms with Crippen molar-refractivity contribution in [2.75, 3.05) is 6.61 Å². The minimum Gasteiger partial charge on any atom is -0.394 e. The Kier molecular flexibility index (Phi) is 6.12. The second-order valence-electron chi connectivity index (χ2n) is 5.10. The third-order valence-electron chi connectivity index (χ3n) is 3.68. The predicted molar refractivity (Wildman–Crippen MR) is 68.9 cm³/mol. The number of carbonyl (C=O) groups excluding carboxylic acids is 2. The molecule has 104 valence electrons. The summed E-state index contributed by atoms with van der Waals surface area (Å²) in [6.45, 7) is 3.81. The van der Waals surface area contributed by atoms with Crippen molar-refractivity contribution in [1.29, 1.82) is 0 Å². The van der Waals surface area contributed by atoms with Gasteiger partial charge in [0.15, 0.2) is 0 Å². The van der Waals surface area contributed by atoms with Gasteiger partial charge in [-0.3, -0.25) is 9.59 Å². The molecule has 1 fully saturated rings. The molecule has 0 aromatic rings. The van der Waals surface area contributed by atoms with Crippen molar-refractivity contribution in [3.05, 3.63) is 0 Å². The predicted octanol–water partition coefficient (Wildman–Crippen LogP) is 0.568. The molecule has 1 saturated carbocycles. The zero-order valence-electron chi connectivity index (χ0n) is 11.2. The lowest BCUT2D eigenvalue weighted by atomic mass is 9.86. The van der Waals surface area contributed by atoms with Gasteiger partial charge in [0.25, 0.3) is 0 Å². The van der Waals surface area contributed by atoms with Crippen LogP contribution < -0.4 is 10.6 Å². The molecule has 5 heteroatoms. The third-order valence-corrected chi connectivity index (χ3v) is 3.68. The average molecular weight is 256 g/mol. The van der Waals surface area contributed by atoms with Crippen molar-refractivity contribution in [3.63, 3.8) is 0 Å². The Morgan fingerprint density at radius 3 is 2.50 bits per heavy atom. The molecular weight excluding hydrogens is 232 g/mol. The summed E-state index contributed by atoms with van der Waals surface area (Å²) < 4.78 is 0. The molecule has 0 spiro atoms. The summed E-state index contributed by atoms with van der Waals surface area (Å²) in [6, 6.07) is -0.238. The van der Waals surface area contributed by atoms with Crippen molar-refractivity contribution in [2.45, 2.75) is 58.0 Å². The quantitative estimate of drug-likeness (QED) is 0.643. The van der Waals surface area contributed by atoms with Gasteiger partial charge in [-0.2, -0.15) is 0 Å². The first-order chi connectivity index (χ1) is 8.58. The van der Waals surface area contributed by atoms with Crippen LogP contribution in [0.15, 0.2) is 0 Å². The first-order valence-corrected chi connectivity index (χ1v) is 6.80. The van der Waals surface area contributed by atoms with Gasteiger partial charge >= 0.3 is 11.8 Å². The number of hydrogen-bond donors (Lipinski definition) is 3. The minimum atomic E-state index is -0.645. The van der Waals surface area contributed by atoms with Crippen LogP contribution >= 0.6 is 0 Å². The largest absolute Gasteiger partial charge is 0.394 e. The summed E-state index contributed by atoms with van der Waals surface area (Å²) in [6.07, 6.45) is 4.95. The van der Waals surface area contributed by atoms with E-state index in [9.17, 15) is 9.59 Å². The van der Waals surface area contributed by atoms with Crippen LogP contribution in [0.2, 0.25) is 0 Å². The summed E-state index contributed by atoms with van der Waals surface area (Å²) in [7, 11) is 0. The van der Waals surface area contributed by atoms with Gasteiger partial charge in [0.05, 0.1) is 12.6 Å². The number of rotatable bonds is 4. The van der Waals surface area contributed by atoms with Gasteiger partial charge in [-0.05, 0) is 25.2 Å². The number of amides is 2. The number of carbonyl (C=O) groups is 2. The zero-order chi connectivity index (χ0) is 13.5. The van der Waals surface area contributed by atoms with Gasteiger partial charge in [0, 0.05) is 6.04 Å². The molecule has 0 aromatic carbocycles. The maximum atomic E-state index is 11.7. The summed E-state index contributed by atoms with van der Waals surface area (Å²) >= 11 is 0. The summed E-state index contributed by atoms with van der Waals surface area (Å²) in [5, 5.41) is 14.3. The van der Waals surface area contributed by atoms with E-state index in [0.29, 0.717) is 12.3 Å². The van der Waals surface area contributed by atoms with E-state index in [2.05, 4.69) is 17.6 Å². The maximum absolute atomic E-state index is 11.7. The Morgan fingerprint density at radius 1 is 1.28 bits per heavy atom. The van der Waals surface area contributed by atoms with Crippen molar-refractivity contribution in [1.82, 2.24) is 10.6 Å². The molecule has 0 saturated heterocycles. The van der Waals surface area contributed by atoms with Gasteiger partial charge in [-0.25, -0.2) is 0 Å². The third kappa shape index (κ3) is 4.29. The maximum Gasteiger partial charge on any atom is 0.309 e. The monoisotopic (exact) mass is 256 g/mol. The van der Waals surface area contributed by atoms with E-state index in [-0.39, 0.29) is 18.7 Å². The molecular formula is C13H24N2O3. The van der Waals surface area contributed by atoms with Crippen molar-refractivity contribution < 1.29 is 14.7 Å². The molecule has 0 aliphatic heterocycles. The van der Waals surface area contributed by atoms with Gasteiger partial charge in [0.1, 0.15) is 0 Å². The molecule has 0 unspecified atom stereocenters. The van der Waals surface area contributed by atoms with Gasteiger partial charge < -0.3 is 15.7 Å². The molecule has 0 heterocycles. The summed E-state index contributed by atoms with van der Waals surface area (Å²) in [5.74, 6) is -0.801. The van der Waals surface area contributed by atoms with E-state index in [4.69, 9.17) is 5.11 Å². The van der Waals surface area contributed by atoms with Gasteiger partial charge in [-0.15, -0.1) is 0 Å². The van der Waals surface area contributed by atoms with E-state index in [1.807, 2.05) is 6.92 Å². The van der Waals surface area contributed by atoms with E-state index in [0.717, 1.165) is 19.3 Å². The molecule has 1 rings (SSSR count). The van der Waals surface area contributed by atoms with Crippen LogP contribution in [0.1, 0.15) is 46.0 Å². The van der Waals surface area contributed by atoms with Crippen LogP contribution in [0, 0.1) is 5.92 Å². The van der Waals surface area contributed by atoms with Crippen LogP contribution in [0.25, 0.3) is 0 Å². The van der Waals surface area contributed by atoms with Gasteiger partial charge in [-0.1, -0.05) is 26.7 Å². The standard InChI is InChI=1S/C13H24N2O3/c1-3-10(8-16)14-12(17)13(18)15-11-7-5-4-6-9(11)2/h9-11,16H,3-8H2,1-2H3,(H,14,17)(H,15,18)/t9-,10+,11+/m0/s1. The van der Waals surface area contributed by atoms with Crippen LogP contribution in [0.4, 0.5) is 0 Å². The van der Waals surface area contributed by atoms with Crippen LogP contribution in [0.5, 0.6) is 0 Å². The van der Waals surface area contributed by atoms with Crippen LogP contribution in [-0.4, -0.2) is 35.6 Å². The first kappa shape index (κ1) is 15.0. The second-order valence-corrected chi connectivity index (χ2v) is 5.10. The lowest BCUT2D eigenvalue weighted by Gasteiger charge is -2.29. The zero-order valence-corrected chi connectivity index (χ0v) is 11.2. The molecule has 0 bridgehead atoms. The van der Waals surface area contributed by atoms with Crippen LogP contribution in [0.3, 0.4) is 0 Å². The molecule has 0 aromatic heterocycles. The van der Waals surface area contributed by atoms with Crippen molar-refractivity contribution in [3.8, 4) is 0 Å². The fourth-order valence-corrected chi connectivity index (χ4v) is 2.29. The molecule has 18 heavy (non-hydrogen) atoms. The molecule has 1 aliphatic carbocycles. The molecule has 3 N–H and O–H groups in total. The SMILES string of the molecule is CC[C@H](CO)NC(=O)C(=O)N[C@@H]1CCCC[C@@H]1C. The highest BCUT2D eigenvalue weighted by atomic mass is 16.3. The Balaban J connectivity index is 2.41. The number of aliphatic hydroxyl groups excluding tert-OH is 1. The van der Waals surface area contributed by atoms with E-state index in [1.165, 1.54) is 6.42 Å². The average Bonchev–Trinajstić information content (AvgIpc) is 2.38. The van der Waals surface area contributed by atoms with E-state index < -0.39 is 11.8 Å².